The van der Waals surface area contributed by atoms with Gasteiger partial charge in [-0.2, -0.15) is 5.10 Å². The van der Waals surface area contributed by atoms with Crippen molar-refractivity contribution in [1.29, 1.82) is 0 Å². The highest BCUT2D eigenvalue weighted by Crippen LogP contribution is 2.04. The maximum absolute atomic E-state index is 11.1. The molecule has 0 aliphatic carbocycles. The Labute approximate surface area is 85.5 Å². The summed E-state index contributed by atoms with van der Waals surface area (Å²) in [7, 11) is 1.33. The van der Waals surface area contributed by atoms with Gasteiger partial charge in [0.1, 0.15) is 12.7 Å². The van der Waals surface area contributed by atoms with Crippen LogP contribution in [0.5, 0.6) is 0 Å². The topological polar surface area (TPSA) is 69.9 Å². The summed E-state index contributed by atoms with van der Waals surface area (Å²) in [6, 6.07) is 3.29. The third-order valence-electron chi connectivity index (χ3n) is 1.82. The normalized spacial score (nSPS) is 9.93. The Morgan fingerprint density at radius 2 is 2.33 bits per heavy atom. The number of hydrogen-bond donors (Lipinski definition) is 0. The summed E-state index contributed by atoms with van der Waals surface area (Å²) in [4.78, 5) is 19.0. The fraction of sp³-hybridized carbons (Fsp3) is 0.111. The third kappa shape index (κ3) is 1.83. The van der Waals surface area contributed by atoms with Gasteiger partial charge < -0.3 is 4.74 Å². The monoisotopic (exact) mass is 204 g/mol. The molecule has 76 valence electrons. The highest BCUT2D eigenvalue weighted by atomic mass is 16.5. The first-order chi connectivity index (χ1) is 7.31. The number of carbonyl (C=O) groups excluding carboxylic acids is 1. The van der Waals surface area contributed by atoms with Gasteiger partial charge in [-0.1, -0.05) is 0 Å². The second-order valence-corrected chi connectivity index (χ2v) is 2.74. The minimum absolute atomic E-state index is 0.404. The first-order valence-electron chi connectivity index (χ1n) is 4.20. The Bertz CT molecular complexity index is 449. The number of pyridine rings is 1. The summed E-state index contributed by atoms with van der Waals surface area (Å²) in [6.45, 7) is 0. The van der Waals surface area contributed by atoms with E-state index < -0.39 is 5.97 Å². The van der Waals surface area contributed by atoms with Crippen LogP contribution in [0.4, 0.5) is 0 Å². The van der Waals surface area contributed by atoms with Crippen molar-refractivity contribution in [2.45, 2.75) is 0 Å². The van der Waals surface area contributed by atoms with Crippen LogP contribution >= 0.6 is 0 Å². The van der Waals surface area contributed by atoms with E-state index >= 15 is 0 Å². The second-order valence-electron chi connectivity index (χ2n) is 2.74. The van der Waals surface area contributed by atoms with Gasteiger partial charge in [0, 0.05) is 6.20 Å². The van der Waals surface area contributed by atoms with Crippen LogP contribution in [0.25, 0.3) is 5.82 Å². The van der Waals surface area contributed by atoms with Crippen LogP contribution < -0.4 is 0 Å². The molecule has 0 unspecified atom stereocenters. The Kier molecular flexibility index (Phi) is 2.40. The molecule has 0 aliphatic rings. The Hall–Kier alpha value is -2.24. The summed E-state index contributed by atoms with van der Waals surface area (Å²) in [5.41, 5.74) is 0.404. The summed E-state index contributed by atoms with van der Waals surface area (Å²) in [6.07, 6.45) is 4.37. The molecule has 0 amide bonds. The van der Waals surface area contributed by atoms with E-state index in [-0.39, 0.29) is 0 Å². The molecule has 0 saturated carbocycles. The molecule has 6 nitrogen and oxygen atoms in total. The lowest BCUT2D eigenvalue weighted by Crippen LogP contribution is -2.04. The predicted molar refractivity (Wildman–Crippen MR) is 50.5 cm³/mol. The minimum atomic E-state index is -0.410. The van der Waals surface area contributed by atoms with Gasteiger partial charge in [0.25, 0.3) is 0 Å². The van der Waals surface area contributed by atoms with Crippen LogP contribution in [0, 0.1) is 0 Å². The molecule has 0 saturated heterocycles. The maximum atomic E-state index is 11.1. The molecule has 0 atom stereocenters. The van der Waals surface area contributed by atoms with Gasteiger partial charge in [0.2, 0.25) is 0 Å². The van der Waals surface area contributed by atoms with E-state index in [1.54, 1.807) is 12.1 Å². The Morgan fingerprint density at radius 1 is 1.47 bits per heavy atom. The van der Waals surface area contributed by atoms with Gasteiger partial charge in [-0.25, -0.2) is 19.4 Å². The average Bonchev–Trinajstić information content (AvgIpc) is 2.82. The zero-order chi connectivity index (χ0) is 10.7. The van der Waals surface area contributed by atoms with E-state index in [2.05, 4.69) is 19.8 Å². The average molecular weight is 204 g/mol. The zero-order valence-electron chi connectivity index (χ0n) is 7.99. The van der Waals surface area contributed by atoms with Crippen LogP contribution in [0.3, 0.4) is 0 Å². The van der Waals surface area contributed by atoms with E-state index in [0.717, 1.165) is 0 Å². The molecule has 0 spiro atoms. The van der Waals surface area contributed by atoms with Gasteiger partial charge in [-0.3, -0.25) is 0 Å². The quantitative estimate of drug-likeness (QED) is 0.664. The molecule has 2 aromatic heterocycles. The highest BCUT2D eigenvalue weighted by molar-refractivity contribution is 5.88. The number of hydrogen-bond acceptors (Lipinski definition) is 5. The number of methoxy groups -OCH3 is 1. The lowest BCUT2D eigenvalue weighted by molar-refractivity contribution is 0.0600. The van der Waals surface area contributed by atoms with Gasteiger partial charge >= 0.3 is 5.97 Å². The number of esters is 1. The zero-order valence-corrected chi connectivity index (χ0v) is 7.99. The van der Waals surface area contributed by atoms with E-state index in [9.17, 15) is 4.79 Å². The molecule has 0 bridgehead atoms. The number of nitrogens with zero attached hydrogens (tertiary/aromatic N) is 4. The minimum Gasteiger partial charge on any atom is -0.465 e. The van der Waals surface area contributed by atoms with E-state index in [1.165, 1.54) is 30.6 Å². The molecular formula is C9H8N4O2. The van der Waals surface area contributed by atoms with Crippen molar-refractivity contribution in [3.05, 3.63) is 36.5 Å². The Balaban J connectivity index is 2.29. The van der Waals surface area contributed by atoms with Gasteiger partial charge in [-0.15, -0.1) is 0 Å². The molecule has 15 heavy (non-hydrogen) atoms. The molecular weight excluding hydrogens is 196 g/mol. The standard InChI is InChI=1S/C9H8N4O2/c1-15-9(14)7-2-3-8(11-4-7)13-6-10-5-12-13/h2-6H,1H3. The third-order valence-corrected chi connectivity index (χ3v) is 1.82. The van der Waals surface area contributed by atoms with Gasteiger partial charge in [0.15, 0.2) is 5.82 Å². The lowest BCUT2D eigenvalue weighted by Gasteiger charge is -2.00. The van der Waals surface area contributed by atoms with Crippen molar-refractivity contribution in [2.75, 3.05) is 7.11 Å². The predicted octanol–water partition coefficient (Wildman–Crippen LogP) is 0.449. The van der Waals surface area contributed by atoms with Crippen molar-refractivity contribution in [3.63, 3.8) is 0 Å². The molecule has 6 heteroatoms. The van der Waals surface area contributed by atoms with Crippen LogP contribution in [-0.2, 0) is 4.74 Å². The van der Waals surface area contributed by atoms with Crippen molar-refractivity contribution in [2.24, 2.45) is 0 Å². The largest absolute Gasteiger partial charge is 0.465 e. The molecule has 0 N–H and O–H groups in total. The summed E-state index contributed by atoms with van der Waals surface area (Å²) in [5, 5.41) is 3.91. The number of rotatable bonds is 2. The van der Waals surface area contributed by atoms with Crippen molar-refractivity contribution in [3.8, 4) is 5.82 Å². The van der Waals surface area contributed by atoms with Crippen molar-refractivity contribution in [1.82, 2.24) is 19.7 Å². The number of carbonyl (C=O) groups is 1. The molecule has 0 aliphatic heterocycles. The SMILES string of the molecule is COC(=O)c1ccc(-n2cncn2)nc1. The molecule has 2 heterocycles. The fourth-order valence-electron chi connectivity index (χ4n) is 1.09. The van der Waals surface area contributed by atoms with E-state index in [0.29, 0.717) is 11.4 Å². The van der Waals surface area contributed by atoms with Crippen molar-refractivity contribution >= 4 is 5.97 Å². The maximum Gasteiger partial charge on any atom is 0.339 e. The Morgan fingerprint density at radius 3 is 2.87 bits per heavy atom. The van der Waals surface area contributed by atoms with E-state index in [1.807, 2.05) is 0 Å². The van der Waals surface area contributed by atoms with Gasteiger partial charge in [-0.05, 0) is 12.1 Å². The molecule has 2 rings (SSSR count). The number of ether oxygens (including phenoxy) is 1. The number of aromatic nitrogens is 4. The lowest BCUT2D eigenvalue weighted by atomic mass is 10.3. The molecule has 0 radical (unpaired) electrons. The molecule has 0 fully saturated rings. The second kappa shape index (κ2) is 3.87. The first kappa shape index (κ1) is 9.32. The summed E-state index contributed by atoms with van der Waals surface area (Å²) < 4.78 is 6.05. The van der Waals surface area contributed by atoms with Crippen LogP contribution in [0.15, 0.2) is 31.0 Å². The molecule has 0 aromatic carbocycles. The fourth-order valence-corrected chi connectivity index (χ4v) is 1.09. The van der Waals surface area contributed by atoms with Crippen LogP contribution in [-0.4, -0.2) is 32.8 Å². The summed E-state index contributed by atoms with van der Waals surface area (Å²) >= 11 is 0. The van der Waals surface area contributed by atoms with E-state index in [4.69, 9.17) is 0 Å². The highest BCUT2D eigenvalue weighted by Gasteiger charge is 2.05. The molecule has 2 aromatic rings. The van der Waals surface area contributed by atoms with Crippen LogP contribution in [0.2, 0.25) is 0 Å². The smallest absolute Gasteiger partial charge is 0.339 e. The van der Waals surface area contributed by atoms with Crippen molar-refractivity contribution < 1.29 is 9.53 Å². The first-order valence-corrected chi connectivity index (χ1v) is 4.20. The van der Waals surface area contributed by atoms with Gasteiger partial charge in [0.05, 0.1) is 12.7 Å². The summed E-state index contributed by atoms with van der Waals surface area (Å²) in [5.74, 6) is 0.188. The van der Waals surface area contributed by atoms with Crippen LogP contribution in [0.1, 0.15) is 10.4 Å².